The van der Waals surface area contributed by atoms with Crippen LogP contribution in [0.1, 0.15) is 24.0 Å². The molecule has 1 aromatic carbocycles. The number of nitrogens with zero attached hydrogens (tertiary/aromatic N) is 3. The Bertz CT molecular complexity index is 859. The molecule has 25 heavy (non-hydrogen) atoms. The number of benzene rings is 1. The van der Waals surface area contributed by atoms with Gasteiger partial charge in [-0.1, -0.05) is 60.4 Å². The number of amides is 1. The Morgan fingerprint density at radius 3 is 2.68 bits per heavy atom. The van der Waals surface area contributed by atoms with Crippen LogP contribution in [0.15, 0.2) is 35.5 Å². The van der Waals surface area contributed by atoms with Gasteiger partial charge in [0.25, 0.3) is 0 Å². The van der Waals surface area contributed by atoms with Gasteiger partial charge in [-0.25, -0.2) is 4.98 Å². The van der Waals surface area contributed by atoms with Gasteiger partial charge in [-0.3, -0.25) is 10.1 Å². The Labute approximate surface area is 154 Å². The van der Waals surface area contributed by atoms with Crippen molar-refractivity contribution in [2.75, 3.05) is 5.32 Å². The van der Waals surface area contributed by atoms with Crippen molar-refractivity contribution < 1.29 is 4.79 Å². The summed E-state index contributed by atoms with van der Waals surface area (Å²) < 4.78 is 0. The van der Waals surface area contributed by atoms with E-state index in [9.17, 15) is 4.79 Å². The van der Waals surface area contributed by atoms with Crippen molar-refractivity contribution in [1.29, 1.82) is 0 Å². The molecule has 1 amide bonds. The van der Waals surface area contributed by atoms with E-state index in [1.54, 1.807) is 0 Å². The van der Waals surface area contributed by atoms with Gasteiger partial charge < -0.3 is 4.98 Å². The molecule has 0 saturated heterocycles. The van der Waals surface area contributed by atoms with Crippen LogP contribution in [0.4, 0.5) is 5.13 Å². The lowest BCUT2D eigenvalue weighted by atomic mass is 10.1. The lowest BCUT2D eigenvalue weighted by Crippen LogP contribution is -2.24. The monoisotopic (exact) mass is 373 g/mol. The molecule has 3 aromatic rings. The van der Waals surface area contributed by atoms with Crippen molar-refractivity contribution in [1.82, 2.24) is 20.2 Å². The first-order valence-electron chi connectivity index (χ1n) is 7.96. The average molecular weight is 374 g/mol. The number of rotatable bonds is 6. The molecule has 0 radical (unpaired) electrons. The van der Waals surface area contributed by atoms with Crippen LogP contribution in [0.3, 0.4) is 0 Å². The summed E-state index contributed by atoms with van der Waals surface area (Å²) in [5, 5.41) is 12.5. The van der Waals surface area contributed by atoms with E-state index in [-0.39, 0.29) is 11.2 Å². The van der Waals surface area contributed by atoms with Crippen molar-refractivity contribution in [3.05, 3.63) is 41.0 Å². The number of H-pyrrole nitrogens is 1. The topological polar surface area (TPSA) is 83.6 Å². The molecule has 0 aliphatic heterocycles. The fraction of sp³-hybridized carbons (Fsp3) is 0.294. The molecule has 0 aliphatic carbocycles. The van der Waals surface area contributed by atoms with Crippen LogP contribution >= 0.6 is 23.1 Å². The summed E-state index contributed by atoms with van der Waals surface area (Å²) in [6.45, 7) is 5.83. The maximum atomic E-state index is 12.5. The van der Waals surface area contributed by atoms with Crippen LogP contribution in [0.5, 0.6) is 0 Å². The van der Waals surface area contributed by atoms with Crippen LogP contribution in [0.2, 0.25) is 0 Å². The Balaban J connectivity index is 1.72. The molecule has 1 unspecified atom stereocenters. The summed E-state index contributed by atoms with van der Waals surface area (Å²) >= 11 is 2.80. The van der Waals surface area contributed by atoms with Gasteiger partial charge in [-0.2, -0.15) is 0 Å². The fourth-order valence-corrected chi connectivity index (χ4v) is 3.91. The van der Waals surface area contributed by atoms with Crippen molar-refractivity contribution in [2.45, 2.75) is 37.6 Å². The van der Waals surface area contributed by atoms with Crippen molar-refractivity contribution >= 4 is 34.1 Å². The molecule has 0 spiro atoms. The van der Waals surface area contributed by atoms with Crippen LogP contribution in [0, 0.1) is 13.8 Å². The Morgan fingerprint density at radius 1 is 1.28 bits per heavy atom. The first-order valence-corrected chi connectivity index (χ1v) is 9.66. The lowest BCUT2D eigenvalue weighted by molar-refractivity contribution is -0.115. The summed E-state index contributed by atoms with van der Waals surface area (Å²) in [5.41, 5.74) is 2.96. The second-order valence-electron chi connectivity index (χ2n) is 5.51. The van der Waals surface area contributed by atoms with Crippen LogP contribution < -0.4 is 5.32 Å². The minimum Gasteiger partial charge on any atom is -0.336 e. The van der Waals surface area contributed by atoms with E-state index < -0.39 is 0 Å². The number of hydrogen-bond acceptors (Lipinski definition) is 6. The summed E-state index contributed by atoms with van der Waals surface area (Å²) in [7, 11) is 0. The third kappa shape index (κ3) is 4.26. The van der Waals surface area contributed by atoms with E-state index in [0.29, 0.717) is 11.6 Å². The quantitative estimate of drug-likeness (QED) is 0.637. The number of aromatic amines is 1. The second kappa shape index (κ2) is 7.79. The van der Waals surface area contributed by atoms with Gasteiger partial charge in [0.2, 0.25) is 11.0 Å². The number of aryl methyl sites for hydroxylation is 2. The molecule has 0 fully saturated rings. The maximum Gasteiger partial charge on any atom is 0.239 e. The molecule has 6 nitrogen and oxygen atoms in total. The number of aromatic nitrogens is 4. The fourth-order valence-electron chi connectivity index (χ4n) is 2.36. The highest BCUT2D eigenvalue weighted by atomic mass is 32.2. The summed E-state index contributed by atoms with van der Waals surface area (Å²) in [4.78, 5) is 20.4. The average Bonchev–Trinajstić information content (AvgIpc) is 3.18. The number of carbonyl (C=O) groups excluding carboxylic acids is 1. The number of nitrogens with one attached hydrogen (secondary N) is 2. The van der Waals surface area contributed by atoms with E-state index in [0.717, 1.165) is 27.1 Å². The summed E-state index contributed by atoms with van der Waals surface area (Å²) in [6, 6.07) is 10.0. The minimum absolute atomic E-state index is 0.0843. The van der Waals surface area contributed by atoms with Gasteiger partial charge in [-0.05, 0) is 20.3 Å². The number of thioether (sulfide) groups is 1. The number of hydrogen-bond donors (Lipinski definition) is 2. The smallest absolute Gasteiger partial charge is 0.239 e. The molecule has 0 saturated carbocycles. The van der Waals surface area contributed by atoms with Gasteiger partial charge in [0.15, 0.2) is 5.16 Å². The first kappa shape index (κ1) is 17.6. The highest BCUT2D eigenvalue weighted by Crippen LogP contribution is 2.29. The zero-order valence-corrected chi connectivity index (χ0v) is 15.9. The van der Waals surface area contributed by atoms with E-state index in [4.69, 9.17) is 0 Å². The van der Waals surface area contributed by atoms with Gasteiger partial charge in [-0.15, -0.1) is 10.2 Å². The largest absolute Gasteiger partial charge is 0.336 e. The predicted octanol–water partition coefficient (Wildman–Crippen LogP) is 4.05. The Morgan fingerprint density at radius 2 is 2.04 bits per heavy atom. The molecule has 1 atom stereocenters. The third-order valence-electron chi connectivity index (χ3n) is 3.58. The predicted molar refractivity (Wildman–Crippen MR) is 102 cm³/mol. The molecule has 2 N–H and O–H groups in total. The summed E-state index contributed by atoms with van der Waals surface area (Å²) in [6.07, 6.45) is 0.689. The number of anilines is 1. The standard InChI is InChI=1S/C17H19N5OS2/c1-4-13(15(23)20-17-22-21-11(3)24-17)25-16-18-10(2)14(19-16)12-8-6-5-7-9-12/h5-9,13H,4H2,1-3H3,(H,18,19)(H,20,22,23). The van der Waals surface area contributed by atoms with E-state index >= 15 is 0 Å². The highest BCUT2D eigenvalue weighted by Gasteiger charge is 2.21. The first-order chi connectivity index (χ1) is 12.1. The maximum absolute atomic E-state index is 12.5. The second-order valence-corrected chi connectivity index (χ2v) is 7.88. The Hall–Kier alpha value is -2.19. The molecular formula is C17H19N5OS2. The van der Waals surface area contributed by atoms with E-state index in [1.165, 1.54) is 23.1 Å². The Kier molecular flexibility index (Phi) is 5.50. The van der Waals surface area contributed by atoms with Crippen LogP contribution in [-0.4, -0.2) is 31.3 Å². The molecule has 2 heterocycles. The lowest BCUT2D eigenvalue weighted by Gasteiger charge is -2.11. The van der Waals surface area contributed by atoms with Crippen molar-refractivity contribution in [3.8, 4) is 11.3 Å². The van der Waals surface area contributed by atoms with Gasteiger partial charge in [0.05, 0.1) is 10.9 Å². The molecular weight excluding hydrogens is 354 g/mol. The van der Waals surface area contributed by atoms with Crippen LogP contribution in [-0.2, 0) is 4.79 Å². The third-order valence-corrected chi connectivity index (χ3v) is 5.59. The number of carbonyl (C=O) groups is 1. The highest BCUT2D eigenvalue weighted by molar-refractivity contribution is 8.00. The van der Waals surface area contributed by atoms with E-state index in [2.05, 4.69) is 25.5 Å². The molecule has 3 rings (SSSR count). The normalized spacial score (nSPS) is 12.1. The van der Waals surface area contributed by atoms with Gasteiger partial charge in [0, 0.05) is 11.3 Å². The molecule has 8 heteroatoms. The number of imidazole rings is 1. The zero-order valence-electron chi connectivity index (χ0n) is 14.2. The minimum atomic E-state index is -0.252. The molecule has 2 aromatic heterocycles. The SMILES string of the molecule is CCC(Sc1nc(-c2ccccc2)c(C)[nH]1)C(=O)Nc1nnc(C)s1. The zero-order chi connectivity index (χ0) is 17.8. The van der Waals surface area contributed by atoms with E-state index in [1.807, 2.05) is 51.1 Å². The van der Waals surface area contributed by atoms with Gasteiger partial charge in [0.1, 0.15) is 5.01 Å². The van der Waals surface area contributed by atoms with Gasteiger partial charge >= 0.3 is 0 Å². The van der Waals surface area contributed by atoms with Crippen LogP contribution in [0.25, 0.3) is 11.3 Å². The molecule has 130 valence electrons. The van der Waals surface area contributed by atoms with Crippen molar-refractivity contribution in [3.63, 3.8) is 0 Å². The molecule has 0 bridgehead atoms. The summed E-state index contributed by atoms with van der Waals surface area (Å²) in [5.74, 6) is -0.0843. The molecule has 0 aliphatic rings. The van der Waals surface area contributed by atoms with Crippen molar-refractivity contribution in [2.24, 2.45) is 0 Å².